The normalized spacial score (nSPS) is 25.2. The minimum atomic E-state index is -0.601. The summed E-state index contributed by atoms with van der Waals surface area (Å²) in [5.74, 6) is 0.894. The van der Waals surface area contributed by atoms with Crippen LogP contribution in [0.3, 0.4) is 0 Å². The summed E-state index contributed by atoms with van der Waals surface area (Å²) in [5.41, 5.74) is 2.05. The number of fused-ring (bicyclic) bond motifs is 3. The third kappa shape index (κ3) is 1.89. The van der Waals surface area contributed by atoms with Crippen molar-refractivity contribution in [2.75, 3.05) is 11.5 Å². The predicted molar refractivity (Wildman–Crippen MR) is 84.8 cm³/mol. The Morgan fingerprint density at radius 1 is 1.55 bits per heavy atom. The summed E-state index contributed by atoms with van der Waals surface area (Å²) >= 11 is 1.50. The van der Waals surface area contributed by atoms with E-state index in [0.717, 1.165) is 28.0 Å². The van der Waals surface area contributed by atoms with Gasteiger partial charge in [-0.3, -0.25) is 4.90 Å². The molecule has 116 valence electrons. The highest BCUT2D eigenvalue weighted by atomic mass is 32.1. The van der Waals surface area contributed by atoms with Gasteiger partial charge in [0.2, 0.25) is 0 Å². The number of aliphatic hydroxyl groups is 1. The number of hydrogen-bond donors (Lipinski definition) is 2. The van der Waals surface area contributed by atoms with E-state index in [-0.39, 0.29) is 18.1 Å². The molecule has 0 saturated carbocycles. The maximum absolute atomic E-state index is 12.3. The second-order valence-electron chi connectivity index (χ2n) is 5.81. The van der Waals surface area contributed by atoms with Crippen molar-refractivity contribution in [1.82, 2.24) is 10.3 Å². The largest absolute Gasteiger partial charge is 0.493 e. The van der Waals surface area contributed by atoms with E-state index in [1.54, 1.807) is 11.8 Å². The molecule has 0 radical (unpaired) electrons. The number of benzene rings is 1. The first-order valence-corrected chi connectivity index (χ1v) is 8.21. The van der Waals surface area contributed by atoms with Gasteiger partial charge < -0.3 is 15.2 Å². The number of aliphatic hydroxyl groups excluding tert-OH is 1. The molecule has 1 aromatic heterocycles. The number of thiazole rings is 1. The summed E-state index contributed by atoms with van der Waals surface area (Å²) in [7, 11) is 0. The van der Waals surface area contributed by atoms with Crippen LogP contribution in [-0.4, -0.2) is 40.9 Å². The number of carbonyl (C=O) groups is 1. The number of nitrogens with zero attached hydrogens (tertiary/aromatic N) is 2. The zero-order valence-electron chi connectivity index (χ0n) is 12.4. The number of anilines is 1. The minimum absolute atomic E-state index is 0.141. The van der Waals surface area contributed by atoms with Gasteiger partial charge in [0.25, 0.3) is 0 Å². The van der Waals surface area contributed by atoms with Gasteiger partial charge in [0, 0.05) is 12.0 Å². The zero-order valence-corrected chi connectivity index (χ0v) is 13.2. The molecular formula is C15H17N3O3S. The number of ether oxygens (including phenoxy) is 1. The molecule has 2 aliphatic rings. The van der Waals surface area contributed by atoms with E-state index in [1.165, 1.54) is 11.3 Å². The van der Waals surface area contributed by atoms with Crippen LogP contribution in [0.1, 0.15) is 19.4 Å². The van der Waals surface area contributed by atoms with Crippen LogP contribution in [0.15, 0.2) is 12.1 Å². The van der Waals surface area contributed by atoms with Gasteiger partial charge in [0.15, 0.2) is 5.13 Å². The van der Waals surface area contributed by atoms with Crippen molar-refractivity contribution < 1.29 is 14.6 Å². The summed E-state index contributed by atoms with van der Waals surface area (Å²) in [5, 5.41) is 13.3. The molecule has 0 bridgehead atoms. The molecule has 1 aromatic carbocycles. The van der Waals surface area contributed by atoms with Crippen LogP contribution in [-0.2, 0) is 6.42 Å². The topological polar surface area (TPSA) is 74.7 Å². The van der Waals surface area contributed by atoms with E-state index < -0.39 is 6.10 Å². The van der Waals surface area contributed by atoms with Crippen molar-refractivity contribution in [2.45, 2.75) is 38.5 Å². The summed E-state index contributed by atoms with van der Waals surface area (Å²) in [4.78, 5) is 18.6. The molecule has 2 aliphatic heterocycles. The van der Waals surface area contributed by atoms with E-state index in [9.17, 15) is 9.90 Å². The zero-order chi connectivity index (χ0) is 15.4. The summed E-state index contributed by atoms with van der Waals surface area (Å²) in [6, 6.07) is 3.33. The first-order valence-electron chi connectivity index (χ1n) is 7.39. The Hall–Kier alpha value is -1.86. The van der Waals surface area contributed by atoms with Gasteiger partial charge in [-0.25, -0.2) is 9.78 Å². The van der Waals surface area contributed by atoms with Gasteiger partial charge in [0.05, 0.1) is 35.0 Å². The lowest BCUT2D eigenvalue weighted by molar-refractivity contribution is 0.149. The van der Waals surface area contributed by atoms with Crippen molar-refractivity contribution >= 4 is 32.7 Å². The molecule has 0 spiro atoms. The molecule has 2 N–H and O–H groups in total. The second kappa shape index (κ2) is 4.82. The van der Waals surface area contributed by atoms with Crippen molar-refractivity contribution in [3.05, 3.63) is 17.7 Å². The van der Waals surface area contributed by atoms with Gasteiger partial charge in [0.1, 0.15) is 5.75 Å². The first kappa shape index (κ1) is 13.8. The molecule has 7 heteroatoms. The number of urea groups is 1. The fourth-order valence-electron chi connectivity index (χ4n) is 3.22. The average molecular weight is 319 g/mol. The summed E-state index contributed by atoms with van der Waals surface area (Å²) < 4.78 is 6.63. The highest BCUT2D eigenvalue weighted by Gasteiger charge is 2.41. The van der Waals surface area contributed by atoms with Gasteiger partial charge in [-0.1, -0.05) is 11.3 Å². The van der Waals surface area contributed by atoms with Crippen LogP contribution < -0.4 is 15.0 Å². The Kier molecular flexibility index (Phi) is 3.02. The number of rotatable bonds is 2. The lowest BCUT2D eigenvalue weighted by atomic mass is 10.1. The van der Waals surface area contributed by atoms with Crippen LogP contribution in [0.5, 0.6) is 5.75 Å². The van der Waals surface area contributed by atoms with Crippen molar-refractivity contribution in [1.29, 1.82) is 0 Å². The third-order valence-electron chi connectivity index (χ3n) is 4.38. The molecule has 2 aromatic rings. The van der Waals surface area contributed by atoms with E-state index in [1.807, 2.05) is 19.1 Å². The summed E-state index contributed by atoms with van der Waals surface area (Å²) in [6.45, 7) is 4.30. The Bertz CT molecular complexity index is 758. The van der Waals surface area contributed by atoms with Crippen LogP contribution in [0.4, 0.5) is 9.93 Å². The fraction of sp³-hybridized carbons (Fsp3) is 0.467. The Balaban J connectivity index is 1.77. The number of aromatic nitrogens is 1. The molecule has 2 amide bonds. The minimum Gasteiger partial charge on any atom is -0.493 e. The molecule has 22 heavy (non-hydrogen) atoms. The highest BCUT2D eigenvalue weighted by Crippen LogP contribution is 2.39. The standard InChI is InChI=1S/C15H17N3O3S/c1-7-12(8(2)19)16-14(20)18(7)15-17-13-9-5-6-21-10(9)3-4-11(13)22-15/h3-4,7-8,12,19H,5-6H2,1-2H3,(H,16,20)/t7-,8?,12+/m0/s1. The van der Waals surface area contributed by atoms with Gasteiger partial charge >= 0.3 is 6.03 Å². The molecule has 0 aliphatic carbocycles. The van der Waals surface area contributed by atoms with Crippen molar-refractivity contribution in [3.63, 3.8) is 0 Å². The van der Waals surface area contributed by atoms with E-state index in [4.69, 9.17) is 4.74 Å². The van der Waals surface area contributed by atoms with E-state index in [0.29, 0.717) is 11.7 Å². The maximum atomic E-state index is 12.3. The SMILES string of the molecule is CC(O)[C@@H]1NC(=O)N(c2nc3c4c(ccc3s2)OCC4)[C@H]1C. The molecule has 3 atom stereocenters. The van der Waals surface area contributed by atoms with Crippen molar-refractivity contribution in [2.24, 2.45) is 0 Å². The first-order chi connectivity index (χ1) is 10.6. The summed E-state index contributed by atoms with van der Waals surface area (Å²) in [6.07, 6.45) is 0.254. The van der Waals surface area contributed by atoms with Crippen LogP contribution in [0.25, 0.3) is 10.2 Å². The van der Waals surface area contributed by atoms with Crippen LogP contribution in [0, 0.1) is 0 Å². The third-order valence-corrected chi connectivity index (χ3v) is 5.40. The lowest BCUT2D eigenvalue weighted by Crippen LogP contribution is -2.41. The van der Waals surface area contributed by atoms with E-state index in [2.05, 4.69) is 10.3 Å². The van der Waals surface area contributed by atoms with Crippen LogP contribution in [0.2, 0.25) is 0 Å². The Labute approximate surface area is 131 Å². The van der Waals surface area contributed by atoms with Crippen molar-refractivity contribution in [3.8, 4) is 5.75 Å². The molecule has 6 nitrogen and oxygen atoms in total. The smallest absolute Gasteiger partial charge is 0.324 e. The molecule has 3 heterocycles. The Morgan fingerprint density at radius 3 is 3.09 bits per heavy atom. The van der Waals surface area contributed by atoms with E-state index >= 15 is 0 Å². The van der Waals surface area contributed by atoms with Gasteiger partial charge in [-0.05, 0) is 26.0 Å². The highest BCUT2D eigenvalue weighted by molar-refractivity contribution is 7.22. The number of nitrogens with one attached hydrogen (secondary N) is 1. The fourth-order valence-corrected chi connectivity index (χ4v) is 4.31. The number of carbonyl (C=O) groups excluding carboxylic acids is 1. The number of amides is 2. The molecular weight excluding hydrogens is 302 g/mol. The molecule has 1 saturated heterocycles. The number of hydrogen-bond acceptors (Lipinski definition) is 5. The predicted octanol–water partition coefficient (Wildman–Crippen LogP) is 1.90. The molecule has 1 unspecified atom stereocenters. The monoisotopic (exact) mass is 319 g/mol. The average Bonchev–Trinajstić information content (AvgIpc) is 3.14. The second-order valence-corrected chi connectivity index (χ2v) is 6.82. The molecule has 4 rings (SSSR count). The maximum Gasteiger partial charge on any atom is 0.324 e. The van der Waals surface area contributed by atoms with Crippen LogP contribution >= 0.6 is 11.3 Å². The van der Waals surface area contributed by atoms with Gasteiger partial charge in [-0.2, -0.15) is 0 Å². The lowest BCUT2D eigenvalue weighted by Gasteiger charge is -2.21. The Morgan fingerprint density at radius 2 is 2.36 bits per heavy atom. The molecule has 1 fully saturated rings. The quantitative estimate of drug-likeness (QED) is 0.886. The van der Waals surface area contributed by atoms with Gasteiger partial charge in [-0.15, -0.1) is 0 Å².